The molecule has 0 atom stereocenters. The van der Waals surface area contributed by atoms with Crippen molar-refractivity contribution in [2.75, 3.05) is 9.80 Å². The van der Waals surface area contributed by atoms with Crippen molar-refractivity contribution in [3.8, 4) is 0 Å². The van der Waals surface area contributed by atoms with Gasteiger partial charge in [-0.3, -0.25) is 0 Å². The Kier molecular flexibility index (Phi) is 8.48. The molecule has 62 heavy (non-hydrogen) atoms. The van der Waals surface area contributed by atoms with Crippen molar-refractivity contribution in [2.45, 2.75) is 143 Å². The zero-order chi connectivity index (χ0) is 43.6. The normalized spacial score (nSPS) is 18.7. The second-order valence-corrected chi connectivity index (χ2v) is 23.7. The third-order valence-electron chi connectivity index (χ3n) is 16.2. The highest BCUT2D eigenvalue weighted by Crippen LogP contribution is 2.54. The Morgan fingerprint density at radius 2 is 1.02 bits per heavy atom. The zero-order valence-electron chi connectivity index (χ0n) is 39.4. The van der Waals surface area contributed by atoms with Gasteiger partial charge in [-0.1, -0.05) is 118 Å². The van der Waals surface area contributed by atoms with Gasteiger partial charge in [0.05, 0.1) is 0 Å². The van der Waals surface area contributed by atoms with E-state index in [0.717, 1.165) is 0 Å². The van der Waals surface area contributed by atoms with Crippen molar-refractivity contribution >= 4 is 88.7 Å². The maximum atomic E-state index is 2.70. The van der Waals surface area contributed by atoms with Crippen LogP contribution in [0.1, 0.15) is 145 Å². The van der Waals surface area contributed by atoms with Crippen LogP contribution in [0.5, 0.6) is 0 Å². The van der Waals surface area contributed by atoms with Crippen LogP contribution in [0.4, 0.5) is 34.1 Å². The van der Waals surface area contributed by atoms with Crippen LogP contribution in [-0.2, 0) is 21.7 Å². The molecule has 0 spiro atoms. The van der Waals surface area contributed by atoms with E-state index in [4.69, 9.17) is 0 Å². The largest absolute Gasteiger partial charge is 0.311 e. The Morgan fingerprint density at radius 3 is 1.56 bits per heavy atom. The van der Waals surface area contributed by atoms with Crippen LogP contribution in [-0.4, -0.2) is 6.71 Å². The Hall–Kier alpha value is -4.80. The number of nitrogens with zero attached hydrogens (tertiary/aromatic N) is 2. The van der Waals surface area contributed by atoms with E-state index in [1.807, 2.05) is 11.3 Å². The van der Waals surface area contributed by atoms with Gasteiger partial charge in [-0.15, -0.1) is 11.3 Å². The third-order valence-corrected chi connectivity index (χ3v) is 17.5. The van der Waals surface area contributed by atoms with E-state index in [1.165, 1.54) is 141 Å². The zero-order valence-corrected chi connectivity index (χ0v) is 40.3. The Bertz CT molecular complexity index is 3060. The molecule has 0 saturated carbocycles. The van der Waals surface area contributed by atoms with Gasteiger partial charge in [-0.2, -0.15) is 0 Å². The summed E-state index contributed by atoms with van der Waals surface area (Å²) < 4.78 is 2.77. The molecule has 4 aliphatic rings. The van der Waals surface area contributed by atoms with Gasteiger partial charge in [-0.05, 0) is 183 Å². The summed E-state index contributed by atoms with van der Waals surface area (Å²) in [6.07, 6.45) is 4.80. The van der Waals surface area contributed by atoms with Gasteiger partial charge in [0.1, 0.15) is 0 Å². The number of hydrogen-bond acceptors (Lipinski definition) is 3. The lowest BCUT2D eigenvalue weighted by molar-refractivity contribution is 0.332. The number of hydrogen-bond donors (Lipinski definition) is 0. The molecule has 2 nitrogen and oxygen atoms in total. The molecule has 0 bridgehead atoms. The van der Waals surface area contributed by atoms with Crippen LogP contribution in [0.15, 0.2) is 91.0 Å². The fourth-order valence-corrected chi connectivity index (χ4v) is 13.5. The van der Waals surface area contributed by atoms with E-state index in [1.54, 1.807) is 0 Å². The highest BCUT2D eigenvalue weighted by atomic mass is 32.1. The van der Waals surface area contributed by atoms with E-state index >= 15 is 0 Å². The van der Waals surface area contributed by atoms with Crippen molar-refractivity contribution in [3.63, 3.8) is 0 Å². The van der Waals surface area contributed by atoms with Crippen LogP contribution in [0.25, 0.3) is 20.2 Å². The predicted octanol–water partition coefficient (Wildman–Crippen LogP) is 14.9. The molecule has 0 unspecified atom stereocenters. The van der Waals surface area contributed by atoms with Crippen LogP contribution in [0.3, 0.4) is 0 Å². The number of fused-ring (bicyclic) bond motifs is 10. The highest BCUT2D eigenvalue weighted by Gasteiger charge is 2.47. The summed E-state index contributed by atoms with van der Waals surface area (Å²) >= 11 is 1.98. The van der Waals surface area contributed by atoms with Gasteiger partial charge in [0, 0.05) is 48.9 Å². The number of aryl methyl sites for hydroxylation is 3. The summed E-state index contributed by atoms with van der Waals surface area (Å²) in [4.78, 5) is 5.40. The topological polar surface area (TPSA) is 6.48 Å². The van der Waals surface area contributed by atoms with E-state index in [2.05, 4.69) is 191 Å². The SMILES string of the molecule is Cc1cc2c3c(c1)N(c1cc4c(cc1C)C(C)(C)CCC4(C)C)c1ccc4c(sc5ccccc54)c1B3c1ccc(C(C)C)cc1N2c1cc2c(cc1C)C(C)(C)CCC2(C)C. The van der Waals surface area contributed by atoms with Gasteiger partial charge < -0.3 is 9.80 Å². The van der Waals surface area contributed by atoms with Crippen molar-refractivity contribution in [2.24, 2.45) is 0 Å². The van der Waals surface area contributed by atoms with E-state index in [-0.39, 0.29) is 28.4 Å². The fraction of sp³-hybridized carbons (Fsp3) is 0.379. The number of rotatable bonds is 3. The molecular formula is C58H63BN2S. The maximum absolute atomic E-state index is 2.70. The summed E-state index contributed by atoms with van der Waals surface area (Å²) in [6.45, 7) is 31.5. The Labute approximate surface area is 375 Å². The first-order valence-corrected chi connectivity index (χ1v) is 24.2. The third kappa shape index (κ3) is 5.60. The number of anilines is 6. The second-order valence-electron chi connectivity index (χ2n) is 22.7. The summed E-state index contributed by atoms with van der Waals surface area (Å²) in [5.74, 6) is 0.408. The molecule has 2 aliphatic heterocycles. The predicted molar refractivity (Wildman–Crippen MR) is 272 cm³/mol. The maximum Gasteiger partial charge on any atom is 0.254 e. The van der Waals surface area contributed by atoms with Gasteiger partial charge in [0.25, 0.3) is 6.71 Å². The molecule has 2 aliphatic carbocycles. The van der Waals surface area contributed by atoms with Crippen LogP contribution in [0.2, 0.25) is 0 Å². The highest BCUT2D eigenvalue weighted by molar-refractivity contribution is 7.28. The van der Waals surface area contributed by atoms with Crippen molar-refractivity contribution in [3.05, 3.63) is 136 Å². The fourth-order valence-electron chi connectivity index (χ4n) is 12.2. The smallest absolute Gasteiger partial charge is 0.254 e. The minimum Gasteiger partial charge on any atom is -0.311 e. The Balaban J connectivity index is 1.27. The van der Waals surface area contributed by atoms with Gasteiger partial charge in [0.2, 0.25) is 0 Å². The lowest BCUT2D eigenvalue weighted by Crippen LogP contribution is -2.61. The summed E-state index contributed by atoms with van der Waals surface area (Å²) in [5.41, 5.74) is 24.0. The summed E-state index contributed by atoms with van der Waals surface area (Å²) in [7, 11) is 0. The summed E-state index contributed by atoms with van der Waals surface area (Å²) in [6, 6.07) is 36.8. The number of thiophene rings is 1. The lowest BCUT2D eigenvalue weighted by atomic mass is 9.33. The number of benzene rings is 6. The molecule has 0 radical (unpaired) electrons. The van der Waals surface area contributed by atoms with Gasteiger partial charge >= 0.3 is 0 Å². The van der Waals surface area contributed by atoms with Crippen molar-refractivity contribution in [1.82, 2.24) is 0 Å². The molecule has 4 heteroatoms. The van der Waals surface area contributed by atoms with E-state index in [9.17, 15) is 0 Å². The quantitative estimate of drug-likeness (QED) is 0.164. The van der Waals surface area contributed by atoms with Crippen molar-refractivity contribution < 1.29 is 0 Å². The van der Waals surface area contributed by atoms with Crippen LogP contribution in [0, 0.1) is 20.8 Å². The van der Waals surface area contributed by atoms with E-state index in [0.29, 0.717) is 5.92 Å². The monoisotopic (exact) mass is 830 g/mol. The molecule has 0 amide bonds. The van der Waals surface area contributed by atoms with Crippen LogP contribution < -0.4 is 26.2 Å². The average Bonchev–Trinajstić information content (AvgIpc) is 3.60. The molecule has 0 N–H and O–H groups in total. The minimum absolute atomic E-state index is 0.0673. The van der Waals surface area contributed by atoms with Crippen molar-refractivity contribution in [1.29, 1.82) is 0 Å². The second kappa shape index (κ2) is 13.1. The first kappa shape index (κ1) is 40.0. The molecule has 7 aromatic rings. The van der Waals surface area contributed by atoms with Crippen LogP contribution >= 0.6 is 11.3 Å². The molecule has 0 fully saturated rings. The van der Waals surface area contributed by atoms with E-state index < -0.39 is 0 Å². The standard InChI is InChI=1S/C58H63BN2S/c1-33(2)37-18-20-44-48(30-37)61(47-32-43-41(29-36(47)5)56(8,9)23-25-58(43,12)13)50-27-34(3)26-49-52(50)59(44)53-45(21-19-39-38-16-14-15-17-51(38)62-54(39)53)60(49)46-31-42-40(28-35(46)4)55(6,7)22-24-57(42,10)11/h14-21,26-33H,22-25H2,1-13H3. The Morgan fingerprint density at radius 1 is 0.500 bits per heavy atom. The minimum atomic E-state index is 0.0673. The molecule has 6 aromatic carbocycles. The molecule has 0 saturated heterocycles. The molecule has 314 valence electrons. The van der Waals surface area contributed by atoms with Gasteiger partial charge in [0.15, 0.2) is 0 Å². The first-order valence-electron chi connectivity index (χ1n) is 23.4. The lowest BCUT2D eigenvalue weighted by Gasteiger charge is -2.47. The molecule has 1 aromatic heterocycles. The van der Waals surface area contributed by atoms with Gasteiger partial charge in [-0.25, -0.2) is 0 Å². The molecule has 11 rings (SSSR count). The average molecular weight is 831 g/mol. The molecular weight excluding hydrogens is 768 g/mol. The summed E-state index contributed by atoms with van der Waals surface area (Å²) in [5, 5.41) is 2.72. The first-order chi connectivity index (χ1) is 29.3. The molecule has 3 heterocycles.